The van der Waals surface area contributed by atoms with E-state index in [2.05, 4.69) is 29.5 Å². The SMILES string of the molecule is CCOc1cccc(C(NC(=O)c2ccc(C(C)C)cc2)C(O)C(=O)Nc2ccc3nc(N)sc3c2)c1. The molecule has 37 heavy (non-hydrogen) atoms. The van der Waals surface area contributed by atoms with Gasteiger partial charge in [-0.15, -0.1) is 0 Å². The van der Waals surface area contributed by atoms with Crippen LogP contribution in [0, 0.1) is 0 Å². The summed E-state index contributed by atoms with van der Waals surface area (Å²) in [5, 5.41) is 17.1. The average molecular weight is 519 g/mol. The van der Waals surface area contributed by atoms with Crippen molar-refractivity contribution < 1.29 is 19.4 Å². The molecule has 2 amide bonds. The van der Waals surface area contributed by atoms with Crippen molar-refractivity contribution in [3.8, 4) is 5.75 Å². The minimum absolute atomic E-state index is 0.331. The first-order valence-electron chi connectivity index (χ1n) is 12.0. The Morgan fingerprint density at radius 3 is 2.51 bits per heavy atom. The molecule has 8 nitrogen and oxygen atoms in total. The van der Waals surface area contributed by atoms with Gasteiger partial charge in [0.2, 0.25) is 0 Å². The van der Waals surface area contributed by atoms with E-state index in [4.69, 9.17) is 10.5 Å². The lowest BCUT2D eigenvalue weighted by Gasteiger charge is -2.25. The number of nitrogens with zero attached hydrogens (tertiary/aromatic N) is 1. The monoisotopic (exact) mass is 518 g/mol. The number of carbonyl (C=O) groups is 2. The zero-order valence-electron chi connectivity index (χ0n) is 20.9. The van der Waals surface area contributed by atoms with E-state index >= 15 is 0 Å². The maximum absolute atomic E-state index is 13.2. The van der Waals surface area contributed by atoms with Gasteiger partial charge in [-0.1, -0.05) is 49.4 Å². The van der Waals surface area contributed by atoms with Gasteiger partial charge < -0.3 is 26.2 Å². The van der Waals surface area contributed by atoms with Crippen molar-refractivity contribution in [2.75, 3.05) is 17.7 Å². The number of nitrogens with two attached hydrogens (primary N) is 1. The highest BCUT2D eigenvalue weighted by Crippen LogP contribution is 2.28. The fraction of sp³-hybridized carbons (Fsp3) is 0.250. The molecule has 0 aliphatic heterocycles. The van der Waals surface area contributed by atoms with E-state index in [-0.39, 0.29) is 0 Å². The van der Waals surface area contributed by atoms with Gasteiger partial charge in [0.05, 0.1) is 22.9 Å². The second kappa shape index (κ2) is 11.4. The van der Waals surface area contributed by atoms with Crippen LogP contribution in [-0.4, -0.2) is 34.6 Å². The zero-order chi connectivity index (χ0) is 26.5. The number of ether oxygens (including phenoxy) is 1. The third kappa shape index (κ3) is 6.25. The molecule has 1 heterocycles. The predicted octanol–water partition coefficient (Wildman–Crippen LogP) is 4.87. The number of hydrogen-bond acceptors (Lipinski definition) is 7. The number of aliphatic hydroxyl groups is 1. The normalized spacial score (nSPS) is 12.8. The van der Waals surface area contributed by atoms with E-state index < -0.39 is 24.0 Å². The largest absolute Gasteiger partial charge is 0.494 e. The highest BCUT2D eigenvalue weighted by molar-refractivity contribution is 7.22. The zero-order valence-corrected chi connectivity index (χ0v) is 21.7. The quantitative estimate of drug-likeness (QED) is 0.250. The van der Waals surface area contributed by atoms with Crippen LogP contribution in [0.5, 0.6) is 5.75 Å². The van der Waals surface area contributed by atoms with Crippen LogP contribution in [0.4, 0.5) is 10.8 Å². The van der Waals surface area contributed by atoms with Crippen molar-refractivity contribution in [1.82, 2.24) is 10.3 Å². The second-order valence-corrected chi connectivity index (χ2v) is 9.96. The third-order valence-electron chi connectivity index (χ3n) is 5.91. The molecule has 2 atom stereocenters. The van der Waals surface area contributed by atoms with Gasteiger partial charge in [-0.3, -0.25) is 9.59 Å². The van der Waals surface area contributed by atoms with Gasteiger partial charge in [-0.2, -0.15) is 0 Å². The maximum Gasteiger partial charge on any atom is 0.255 e. The number of aliphatic hydroxyl groups excluding tert-OH is 1. The van der Waals surface area contributed by atoms with Crippen LogP contribution < -0.4 is 21.1 Å². The van der Waals surface area contributed by atoms with Crippen molar-refractivity contribution in [3.63, 3.8) is 0 Å². The summed E-state index contributed by atoms with van der Waals surface area (Å²) in [6.45, 7) is 6.47. The van der Waals surface area contributed by atoms with Crippen LogP contribution in [0.3, 0.4) is 0 Å². The number of fused-ring (bicyclic) bond motifs is 1. The number of aromatic nitrogens is 1. The van der Waals surface area contributed by atoms with E-state index in [1.807, 2.05) is 19.1 Å². The second-order valence-electron chi connectivity index (χ2n) is 8.90. The van der Waals surface area contributed by atoms with Crippen LogP contribution >= 0.6 is 11.3 Å². The molecule has 5 N–H and O–H groups in total. The van der Waals surface area contributed by atoms with Crippen molar-refractivity contribution >= 4 is 44.2 Å². The molecule has 0 spiro atoms. The molecule has 0 radical (unpaired) electrons. The van der Waals surface area contributed by atoms with E-state index in [0.29, 0.717) is 40.2 Å². The summed E-state index contributed by atoms with van der Waals surface area (Å²) in [6.07, 6.45) is -1.59. The third-order valence-corrected chi connectivity index (χ3v) is 6.76. The molecule has 3 aromatic carbocycles. The van der Waals surface area contributed by atoms with Gasteiger partial charge in [-0.05, 0) is 66.4 Å². The number of anilines is 2. The topological polar surface area (TPSA) is 127 Å². The molecule has 0 bridgehead atoms. The Hall–Kier alpha value is -3.95. The standard InChI is InChI=1S/C28H30N4O4S/c1-4-36-21-7-5-6-19(14-21)24(32-26(34)18-10-8-17(9-11-18)16(2)3)25(33)27(35)30-20-12-13-22-23(15-20)37-28(29)31-22/h5-16,24-25,33H,4H2,1-3H3,(H2,29,31)(H,30,35)(H,32,34). The number of amides is 2. The minimum atomic E-state index is -1.59. The van der Waals surface area contributed by atoms with Crippen LogP contribution in [0.15, 0.2) is 66.7 Å². The Balaban J connectivity index is 1.59. The van der Waals surface area contributed by atoms with Gasteiger partial charge in [0.1, 0.15) is 5.75 Å². The molecular weight excluding hydrogens is 488 g/mol. The van der Waals surface area contributed by atoms with Crippen LogP contribution in [-0.2, 0) is 4.79 Å². The van der Waals surface area contributed by atoms with Crippen LogP contribution in [0.2, 0.25) is 0 Å². The minimum Gasteiger partial charge on any atom is -0.494 e. The van der Waals surface area contributed by atoms with Gasteiger partial charge in [-0.25, -0.2) is 4.98 Å². The number of carbonyl (C=O) groups excluding carboxylic acids is 2. The molecule has 0 saturated carbocycles. The van der Waals surface area contributed by atoms with E-state index in [0.717, 1.165) is 15.8 Å². The summed E-state index contributed by atoms with van der Waals surface area (Å²) in [5.41, 5.74) is 9.05. The Morgan fingerprint density at radius 1 is 1.05 bits per heavy atom. The Bertz CT molecular complexity index is 1400. The summed E-state index contributed by atoms with van der Waals surface area (Å²) < 4.78 is 6.40. The lowest BCUT2D eigenvalue weighted by molar-refractivity contribution is -0.125. The molecule has 0 fully saturated rings. The van der Waals surface area contributed by atoms with E-state index in [1.165, 1.54) is 11.3 Å². The smallest absolute Gasteiger partial charge is 0.255 e. The molecule has 0 aliphatic rings. The van der Waals surface area contributed by atoms with Gasteiger partial charge >= 0.3 is 0 Å². The number of benzene rings is 3. The van der Waals surface area contributed by atoms with Gasteiger partial charge in [0.15, 0.2) is 11.2 Å². The predicted molar refractivity (Wildman–Crippen MR) is 147 cm³/mol. The first-order chi connectivity index (χ1) is 17.7. The number of nitrogen functional groups attached to an aromatic ring is 1. The van der Waals surface area contributed by atoms with Gasteiger partial charge in [0.25, 0.3) is 11.8 Å². The molecule has 9 heteroatoms. The number of thiazole rings is 1. The molecular formula is C28H30N4O4S. The molecule has 0 saturated heterocycles. The van der Waals surface area contributed by atoms with Crippen molar-refractivity contribution in [1.29, 1.82) is 0 Å². The molecule has 2 unspecified atom stereocenters. The Labute approximate surface area is 219 Å². The summed E-state index contributed by atoms with van der Waals surface area (Å²) in [5.74, 6) is -0.173. The summed E-state index contributed by atoms with van der Waals surface area (Å²) in [6, 6.07) is 18.4. The molecule has 4 aromatic rings. The number of hydrogen-bond donors (Lipinski definition) is 4. The van der Waals surface area contributed by atoms with E-state index in [1.54, 1.807) is 54.6 Å². The summed E-state index contributed by atoms with van der Waals surface area (Å²) in [7, 11) is 0. The van der Waals surface area contributed by atoms with Crippen molar-refractivity contribution in [2.45, 2.75) is 38.8 Å². The summed E-state index contributed by atoms with van der Waals surface area (Å²) >= 11 is 1.30. The summed E-state index contributed by atoms with van der Waals surface area (Å²) in [4.78, 5) is 30.5. The number of rotatable bonds is 9. The molecule has 4 rings (SSSR count). The molecule has 1 aromatic heterocycles. The van der Waals surface area contributed by atoms with Gasteiger partial charge in [0, 0.05) is 11.3 Å². The van der Waals surface area contributed by atoms with Crippen LogP contribution in [0.1, 0.15) is 54.2 Å². The first-order valence-corrected chi connectivity index (χ1v) is 12.9. The average Bonchev–Trinajstić information content (AvgIpc) is 3.26. The molecule has 192 valence electrons. The maximum atomic E-state index is 13.2. The Morgan fingerprint density at radius 2 is 1.81 bits per heavy atom. The lowest BCUT2D eigenvalue weighted by Crippen LogP contribution is -2.42. The van der Waals surface area contributed by atoms with Crippen molar-refractivity contribution in [3.05, 3.63) is 83.4 Å². The fourth-order valence-corrected chi connectivity index (χ4v) is 4.71. The molecule has 0 aliphatic carbocycles. The first kappa shape index (κ1) is 26.1. The van der Waals surface area contributed by atoms with Crippen molar-refractivity contribution in [2.24, 2.45) is 0 Å². The highest BCUT2D eigenvalue weighted by Gasteiger charge is 2.30. The fourth-order valence-electron chi connectivity index (χ4n) is 3.94. The lowest BCUT2D eigenvalue weighted by atomic mass is 9.98. The van der Waals surface area contributed by atoms with E-state index in [9.17, 15) is 14.7 Å². The number of nitrogens with one attached hydrogen (secondary N) is 2. The highest BCUT2D eigenvalue weighted by atomic mass is 32.1. The Kier molecular flexibility index (Phi) is 8.05. The van der Waals surface area contributed by atoms with Crippen LogP contribution in [0.25, 0.3) is 10.2 Å².